The molecule has 1 amide bonds. The molecule has 1 aliphatic rings. The zero-order valence-corrected chi connectivity index (χ0v) is 9.76. The van der Waals surface area contributed by atoms with Crippen LogP contribution in [0.2, 0.25) is 0 Å². The molecule has 82 valence electrons. The number of carbonyl (C=O) groups is 1. The number of nitrogens with zero attached hydrogens (tertiary/aromatic N) is 1. The second-order valence-electron chi connectivity index (χ2n) is 4.69. The molecule has 1 fully saturated rings. The Morgan fingerprint density at radius 2 is 2.21 bits per heavy atom. The highest BCUT2D eigenvalue weighted by Gasteiger charge is 2.41. The van der Waals surface area contributed by atoms with Crippen LogP contribution in [0.4, 0.5) is 0 Å². The Balaban J connectivity index is 2.72. The lowest BCUT2D eigenvalue weighted by molar-refractivity contribution is -0.135. The van der Waals surface area contributed by atoms with Gasteiger partial charge in [0.1, 0.15) is 0 Å². The topological polar surface area (TPSA) is 32.3 Å². The van der Waals surface area contributed by atoms with E-state index in [1.54, 1.807) is 0 Å². The van der Waals surface area contributed by atoms with Crippen molar-refractivity contribution in [3.05, 3.63) is 0 Å². The van der Waals surface area contributed by atoms with Crippen LogP contribution in [0.1, 0.15) is 33.6 Å². The van der Waals surface area contributed by atoms with Crippen LogP contribution in [0, 0.1) is 5.92 Å². The van der Waals surface area contributed by atoms with Crippen LogP contribution in [0.15, 0.2) is 0 Å². The number of rotatable bonds is 3. The van der Waals surface area contributed by atoms with Gasteiger partial charge in [-0.15, -0.1) is 0 Å². The van der Waals surface area contributed by atoms with Crippen molar-refractivity contribution >= 4 is 5.91 Å². The average molecular weight is 198 g/mol. The second kappa shape index (κ2) is 4.30. The van der Waals surface area contributed by atoms with Gasteiger partial charge >= 0.3 is 0 Å². The van der Waals surface area contributed by atoms with E-state index in [1.807, 2.05) is 11.9 Å². The fraction of sp³-hybridized carbons (Fsp3) is 0.909. The first kappa shape index (κ1) is 11.5. The van der Waals surface area contributed by atoms with E-state index in [0.29, 0.717) is 12.5 Å². The van der Waals surface area contributed by atoms with Gasteiger partial charge in [0, 0.05) is 12.1 Å². The molecule has 1 aliphatic heterocycles. The van der Waals surface area contributed by atoms with Crippen LogP contribution in [-0.4, -0.2) is 36.5 Å². The van der Waals surface area contributed by atoms with E-state index in [0.717, 1.165) is 19.4 Å². The van der Waals surface area contributed by atoms with E-state index in [1.165, 1.54) is 0 Å². The van der Waals surface area contributed by atoms with Crippen molar-refractivity contribution in [3.63, 3.8) is 0 Å². The highest BCUT2D eigenvalue weighted by atomic mass is 16.2. The third-order valence-corrected chi connectivity index (χ3v) is 3.55. The van der Waals surface area contributed by atoms with Crippen molar-refractivity contribution in [3.8, 4) is 0 Å². The van der Waals surface area contributed by atoms with Crippen molar-refractivity contribution in [2.75, 3.05) is 20.1 Å². The summed E-state index contributed by atoms with van der Waals surface area (Å²) in [7, 11) is 1.82. The highest BCUT2D eigenvalue weighted by molar-refractivity contribution is 5.79. The molecule has 0 bridgehead atoms. The Kier molecular flexibility index (Phi) is 3.53. The van der Waals surface area contributed by atoms with Crippen molar-refractivity contribution in [2.45, 2.75) is 39.2 Å². The lowest BCUT2D eigenvalue weighted by atomic mass is 9.86. The van der Waals surface area contributed by atoms with E-state index in [-0.39, 0.29) is 11.4 Å². The summed E-state index contributed by atoms with van der Waals surface area (Å²) in [4.78, 5) is 13.9. The molecule has 1 saturated heterocycles. The quantitative estimate of drug-likeness (QED) is 0.740. The van der Waals surface area contributed by atoms with Crippen LogP contribution in [-0.2, 0) is 4.79 Å². The molecule has 0 radical (unpaired) electrons. The van der Waals surface area contributed by atoms with Gasteiger partial charge in [0.15, 0.2) is 0 Å². The van der Waals surface area contributed by atoms with Gasteiger partial charge in [0.05, 0.1) is 6.54 Å². The van der Waals surface area contributed by atoms with E-state index in [9.17, 15) is 4.79 Å². The maximum absolute atomic E-state index is 11.8. The molecule has 3 nitrogen and oxygen atoms in total. The number of likely N-dealkylation sites (N-methyl/N-ethyl adjacent to an activating group) is 1. The molecule has 3 heteroatoms. The molecular formula is C11H22N2O. The number of hydrogen-bond acceptors (Lipinski definition) is 2. The minimum atomic E-state index is 0.0773. The highest BCUT2D eigenvalue weighted by Crippen LogP contribution is 2.35. The Hall–Kier alpha value is -0.570. The molecule has 0 aromatic rings. The zero-order valence-electron chi connectivity index (χ0n) is 9.76. The summed E-state index contributed by atoms with van der Waals surface area (Å²) in [6, 6.07) is 0. The molecule has 1 N–H and O–H groups in total. The molecule has 0 saturated carbocycles. The fourth-order valence-electron chi connectivity index (χ4n) is 2.24. The molecule has 1 atom stereocenters. The summed E-state index contributed by atoms with van der Waals surface area (Å²) in [6.07, 6.45) is 2.28. The maximum atomic E-state index is 11.8. The number of hydrogen-bond donors (Lipinski definition) is 1. The second-order valence-corrected chi connectivity index (χ2v) is 4.69. The summed E-state index contributed by atoms with van der Waals surface area (Å²) in [5.74, 6) is 0.770. The van der Waals surface area contributed by atoms with E-state index >= 15 is 0 Å². The molecule has 14 heavy (non-hydrogen) atoms. The molecule has 0 aromatic heterocycles. The number of amides is 1. The van der Waals surface area contributed by atoms with Gasteiger partial charge in [0.25, 0.3) is 0 Å². The third-order valence-electron chi connectivity index (χ3n) is 3.55. The van der Waals surface area contributed by atoms with Gasteiger partial charge in [-0.2, -0.15) is 0 Å². The number of likely N-dealkylation sites (tertiary alicyclic amines) is 1. The summed E-state index contributed by atoms with van der Waals surface area (Å²) in [6.45, 7) is 7.99. The van der Waals surface area contributed by atoms with Gasteiger partial charge in [-0.05, 0) is 32.7 Å². The van der Waals surface area contributed by atoms with Gasteiger partial charge in [-0.3, -0.25) is 4.79 Å². The minimum absolute atomic E-state index is 0.0773. The molecular weight excluding hydrogens is 176 g/mol. The summed E-state index contributed by atoms with van der Waals surface area (Å²) >= 11 is 0. The average Bonchev–Trinajstić information content (AvgIpc) is 2.49. The van der Waals surface area contributed by atoms with Crippen LogP contribution < -0.4 is 5.32 Å². The largest absolute Gasteiger partial charge is 0.336 e. The number of carbonyl (C=O) groups excluding carboxylic acids is 1. The number of nitrogens with one attached hydrogen (secondary N) is 1. The molecule has 0 aromatic carbocycles. The van der Waals surface area contributed by atoms with Crippen LogP contribution in [0.5, 0.6) is 0 Å². The lowest BCUT2D eigenvalue weighted by Crippen LogP contribution is -2.50. The smallest absolute Gasteiger partial charge is 0.236 e. The summed E-state index contributed by atoms with van der Waals surface area (Å²) in [5, 5.41) is 2.93. The zero-order chi connectivity index (χ0) is 10.8. The first-order chi connectivity index (χ1) is 6.52. The Labute approximate surface area is 86.9 Å². The monoisotopic (exact) mass is 198 g/mol. The SMILES string of the molecule is CNCC(=O)N1CCCC1(C)C(C)C. The van der Waals surface area contributed by atoms with Gasteiger partial charge in [-0.25, -0.2) is 0 Å². The molecule has 1 unspecified atom stereocenters. The Bertz CT molecular complexity index is 215. The van der Waals surface area contributed by atoms with Crippen molar-refractivity contribution in [1.29, 1.82) is 0 Å². The Morgan fingerprint density at radius 3 is 2.71 bits per heavy atom. The maximum Gasteiger partial charge on any atom is 0.236 e. The normalized spacial score (nSPS) is 27.4. The summed E-state index contributed by atoms with van der Waals surface area (Å²) < 4.78 is 0. The molecule has 1 rings (SSSR count). The first-order valence-electron chi connectivity index (χ1n) is 5.47. The van der Waals surface area contributed by atoms with Crippen LogP contribution >= 0.6 is 0 Å². The van der Waals surface area contributed by atoms with Gasteiger partial charge in [-0.1, -0.05) is 13.8 Å². The standard InChI is InChI=1S/C11H22N2O/c1-9(2)11(3)6-5-7-13(11)10(14)8-12-4/h9,12H,5-8H2,1-4H3. The van der Waals surface area contributed by atoms with E-state index in [4.69, 9.17) is 0 Å². The fourth-order valence-corrected chi connectivity index (χ4v) is 2.24. The lowest BCUT2D eigenvalue weighted by Gasteiger charge is -2.39. The Morgan fingerprint density at radius 1 is 1.57 bits per heavy atom. The van der Waals surface area contributed by atoms with Crippen molar-refractivity contribution in [1.82, 2.24) is 10.2 Å². The third kappa shape index (κ3) is 1.92. The predicted molar refractivity (Wildman–Crippen MR) is 58.1 cm³/mol. The first-order valence-corrected chi connectivity index (χ1v) is 5.47. The van der Waals surface area contributed by atoms with Crippen molar-refractivity contribution < 1.29 is 4.79 Å². The van der Waals surface area contributed by atoms with Gasteiger partial charge in [0.2, 0.25) is 5.91 Å². The van der Waals surface area contributed by atoms with E-state index in [2.05, 4.69) is 26.1 Å². The van der Waals surface area contributed by atoms with Gasteiger partial charge < -0.3 is 10.2 Å². The molecule has 1 heterocycles. The van der Waals surface area contributed by atoms with Crippen molar-refractivity contribution in [2.24, 2.45) is 5.92 Å². The molecule has 0 spiro atoms. The van der Waals surface area contributed by atoms with Crippen LogP contribution in [0.25, 0.3) is 0 Å². The van der Waals surface area contributed by atoms with Crippen LogP contribution in [0.3, 0.4) is 0 Å². The predicted octanol–water partition coefficient (Wildman–Crippen LogP) is 1.24. The molecule has 0 aliphatic carbocycles. The summed E-state index contributed by atoms with van der Waals surface area (Å²) in [5.41, 5.74) is 0.0773. The van der Waals surface area contributed by atoms with E-state index < -0.39 is 0 Å². The minimum Gasteiger partial charge on any atom is -0.336 e.